The third-order valence-electron chi connectivity index (χ3n) is 1.48. The molecule has 0 aliphatic rings. The van der Waals surface area contributed by atoms with Gasteiger partial charge in [-0.05, 0) is 24.3 Å². The Morgan fingerprint density at radius 2 is 1.73 bits per heavy atom. The van der Waals surface area contributed by atoms with Gasteiger partial charge in [0.2, 0.25) is 0 Å². The summed E-state index contributed by atoms with van der Waals surface area (Å²) in [6, 6.07) is 5.26. The van der Waals surface area contributed by atoms with Crippen molar-refractivity contribution in [2.75, 3.05) is 5.75 Å². The Hall–Kier alpha value is 0.190. The first-order chi connectivity index (χ1) is 6.42. The Labute approximate surface area is 122 Å². The van der Waals surface area contributed by atoms with E-state index in [1.807, 2.05) is 0 Å². The van der Waals surface area contributed by atoms with E-state index >= 15 is 0 Å². The molecule has 76 valence electrons. The van der Waals surface area contributed by atoms with E-state index in [0.717, 1.165) is 0 Å². The quantitative estimate of drug-likeness (QED) is 0.695. The number of rotatable bonds is 3. The molecule has 0 radical (unpaired) electrons. The molecule has 0 saturated carbocycles. The second-order valence-corrected chi connectivity index (χ2v) is 5.01. The molecule has 1 rings (SSSR count). The summed E-state index contributed by atoms with van der Waals surface area (Å²) in [5.41, 5.74) is 0. The largest absolute Gasteiger partial charge is 2.00 e. The predicted molar refractivity (Wildman–Crippen MR) is 54.3 cm³/mol. The Morgan fingerprint density at radius 3 is 2.13 bits per heavy atom. The molecule has 0 aliphatic carbocycles. The second kappa shape index (κ2) is 6.06. The van der Waals surface area contributed by atoms with Crippen LogP contribution in [0, 0.1) is 0 Å². The van der Waals surface area contributed by atoms with E-state index in [1.165, 1.54) is 24.3 Å². The van der Waals surface area contributed by atoms with Gasteiger partial charge in [0.15, 0.2) is 9.84 Å². The van der Waals surface area contributed by atoms with Crippen LogP contribution in [0.4, 0.5) is 0 Å². The smallest absolute Gasteiger partial charge is 0.549 e. The number of aliphatic carboxylic acids is 1. The van der Waals surface area contributed by atoms with E-state index in [4.69, 9.17) is 11.6 Å². The van der Waals surface area contributed by atoms with Crippen LogP contribution in [0.15, 0.2) is 29.2 Å². The van der Waals surface area contributed by atoms with Crippen molar-refractivity contribution in [1.82, 2.24) is 0 Å². The zero-order valence-electron chi connectivity index (χ0n) is 7.64. The van der Waals surface area contributed by atoms with E-state index < -0.39 is 21.6 Å². The molecular formula is C8H6CaClO4S+. The minimum Gasteiger partial charge on any atom is -0.549 e. The van der Waals surface area contributed by atoms with Crippen LogP contribution in [0.5, 0.6) is 0 Å². The predicted octanol–water partition coefficient (Wildman–Crippen LogP) is -0.517. The number of carbonyl (C=O) groups excluding carboxylic acids is 1. The van der Waals surface area contributed by atoms with Crippen LogP contribution in [0.1, 0.15) is 0 Å². The Kier molecular flexibility index (Phi) is 6.13. The fraction of sp³-hybridized carbons (Fsp3) is 0.125. The number of carboxylic acids is 1. The number of hydrogen-bond donors (Lipinski definition) is 0. The standard InChI is InChI=1S/C8H7ClO4S.Ca/c9-6-1-3-7(4-2-6)14(12,13)5-8(10)11;/h1-4H,5H2,(H,10,11);/q;+2/p-1. The van der Waals surface area contributed by atoms with E-state index in [1.54, 1.807) is 0 Å². The van der Waals surface area contributed by atoms with Gasteiger partial charge in [-0.15, -0.1) is 0 Å². The molecule has 7 heteroatoms. The monoisotopic (exact) mass is 273 g/mol. The first-order valence-corrected chi connectivity index (χ1v) is 5.63. The maximum Gasteiger partial charge on any atom is 2.00 e. The zero-order chi connectivity index (χ0) is 10.8. The number of benzene rings is 1. The zero-order valence-corrected chi connectivity index (χ0v) is 11.4. The summed E-state index contributed by atoms with van der Waals surface area (Å²) in [5, 5.41) is 10.5. The van der Waals surface area contributed by atoms with Crippen LogP contribution in [0.3, 0.4) is 0 Å². The van der Waals surface area contributed by atoms with Crippen LogP contribution < -0.4 is 5.11 Å². The van der Waals surface area contributed by atoms with Gasteiger partial charge in [-0.25, -0.2) is 8.42 Å². The van der Waals surface area contributed by atoms with E-state index in [0.29, 0.717) is 5.02 Å². The fourth-order valence-electron chi connectivity index (χ4n) is 0.880. The van der Waals surface area contributed by atoms with Crippen molar-refractivity contribution >= 4 is 65.1 Å². The van der Waals surface area contributed by atoms with Gasteiger partial charge in [0, 0.05) is 5.02 Å². The first-order valence-electron chi connectivity index (χ1n) is 3.60. The minimum atomic E-state index is -3.80. The number of hydrogen-bond acceptors (Lipinski definition) is 4. The molecule has 0 atom stereocenters. The van der Waals surface area contributed by atoms with Gasteiger partial charge in [-0.1, -0.05) is 11.6 Å². The topological polar surface area (TPSA) is 74.3 Å². The van der Waals surface area contributed by atoms with Crippen molar-refractivity contribution in [3.05, 3.63) is 29.3 Å². The Morgan fingerprint density at radius 1 is 1.27 bits per heavy atom. The summed E-state index contributed by atoms with van der Waals surface area (Å²) < 4.78 is 22.6. The van der Waals surface area contributed by atoms with Gasteiger partial charge in [0.1, 0.15) is 0 Å². The van der Waals surface area contributed by atoms with Crippen molar-refractivity contribution in [2.24, 2.45) is 0 Å². The second-order valence-electron chi connectivity index (χ2n) is 2.59. The van der Waals surface area contributed by atoms with Gasteiger partial charge in [-0.2, -0.15) is 0 Å². The van der Waals surface area contributed by atoms with Crippen LogP contribution in [0.2, 0.25) is 5.02 Å². The normalized spacial score (nSPS) is 10.5. The van der Waals surface area contributed by atoms with Crippen LogP contribution in [0.25, 0.3) is 0 Å². The average molecular weight is 274 g/mol. The molecule has 0 amide bonds. The maximum absolute atomic E-state index is 11.3. The molecule has 4 nitrogen and oxygen atoms in total. The molecule has 0 unspecified atom stereocenters. The van der Waals surface area contributed by atoms with Crippen molar-refractivity contribution < 1.29 is 18.3 Å². The molecule has 0 aromatic heterocycles. The molecule has 0 bridgehead atoms. The SMILES string of the molecule is O=C([O-])CS(=O)(=O)c1ccc(Cl)cc1.[Ca+2]. The molecule has 0 N–H and O–H groups in total. The van der Waals surface area contributed by atoms with Crippen LogP contribution in [-0.4, -0.2) is 57.9 Å². The summed E-state index contributed by atoms with van der Waals surface area (Å²) >= 11 is 5.54. The van der Waals surface area contributed by atoms with Crippen molar-refractivity contribution in [3.63, 3.8) is 0 Å². The van der Waals surface area contributed by atoms with Gasteiger partial charge in [0.25, 0.3) is 0 Å². The summed E-state index contributed by atoms with van der Waals surface area (Å²) in [6.07, 6.45) is 0. The molecule has 0 spiro atoms. The van der Waals surface area contributed by atoms with Gasteiger partial charge in [0.05, 0.1) is 16.6 Å². The van der Waals surface area contributed by atoms with E-state index in [9.17, 15) is 18.3 Å². The molecule has 0 heterocycles. The van der Waals surface area contributed by atoms with Crippen LogP contribution >= 0.6 is 11.6 Å². The van der Waals surface area contributed by atoms with Gasteiger partial charge in [-0.3, -0.25) is 0 Å². The molecule has 0 fully saturated rings. The number of sulfone groups is 1. The van der Waals surface area contributed by atoms with E-state index in [2.05, 4.69) is 0 Å². The Balaban J connectivity index is 0.00000196. The van der Waals surface area contributed by atoms with E-state index in [-0.39, 0.29) is 42.6 Å². The fourth-order valence-corrected chi connectivity index (χ4v) is 2.03. The van der Waals surface area contributed by atoms with Crippen LogP contribution in [-0.2, 0) is 14.6 Å². The first kappa shape index (κ1) is 15.2. The maximum atomic E-state index is 11.3. The molecule has 0 aliphatic heterocycles. The van der Waals surface area contributed by atoms with Gasteiger partial charge >= 0.3 is 37.7 Å². The number of halogens is 1. The summed E-state index contributed by atoms with van der Waals surface area (Å²) in [6.45, 7) is 0. The Bertz CT molecular complexity index is 440. The molecular weight excluding hydrogens is 268 g/mol. The molecule has 1 aromatic rings. The summed E-state index contributed by atoms with van der Waals surface area (Å²) in [5.74, 6) is -2.64. The summed E-state index contributed by atoms with van der Waals surface area (Å²) in [4.78, 5) is 10.1. The average Bonchev–Trinajstić information content (AvgIpc) is 2.02. The summed E-state index contributed by atoms with van der Waals surface area (Å²) in [7, 11) is -3.80. The van der Waals surface area contributed by atoms with Crippen molar-refractivity contribution in [1.29, 1.82) is 0 Å². The molecule has 15 heavy (non-hydrogen) atoms. The van der Waals surface area contributed by atoms with Gasteiger partial charge < -0.3 is 9.90 Å². The third kappa shape index (κ3) is 4.70. The molecule has 1 aromatic carbocycles. The number of carbonyl (C=O) groups is 1. The minimum absolute atomic E-state index is 0. The number of carboxylic acid groups (broad SMARTS) is 1. The third-order valence-corrected chi connectivity index (χ3v) is 3.34. The van der Waals surface area contributed by atoms with Crippen molar-refractivity contribution in [3.8, 4) is 0 Å². The molecule has 0 saturated heterocycles. The van der Waals surface area contributed by atoms with Crippen molar-refractivity contribution in [2.45, 2.75) is 4.90 Å².